The minimum Gasteiger partial charge on any atom is -0.267 e. The molecule has 0 spiro atoms. The van der Waals surface area contributed by atoms with Crippen LogP contribution in [-0.2, 0) is 0 Å². The smallest absolute Gasteiger partial charge is 0.0802 e. The lowest BCUT2D eigenvalue weighted by atomic mass is 10.3. The highest BCUT2D eigenvalue weighted by Gasteiger charge is 2.00. The minimum absolute atomic E-state index is 0.991. The average molecular weight is 163 g/mol. The first-order valence-corrected chi connectivity index (χ1v) is 3.89. The van der Waals surface area contributed by atoms with Crippen molar-refractivity contribution in [3.63, 3.8) is 0 Å². The minimum atomic E-state index is 0.991. The molecule has 12 heavy (non-hydrogen) atoms. The summed E-state index contributed by atoms with van der Waals surface area (Å²) in [4.78, 5) is 4.17. The maximum absolute atomic E-state index is 4.17. The van der Waals surface area contributed by atoms with E-state index >= 15 is 0 Å². The summed E-state index contributed by atoms with van der Waals surface area (Å²) in [5.41, 5.74) is 2.03. The number of hydrogen-bond donors (Lipinski definition) is 0. The number of rotatable bonds is 2. The molecule has 64 valence electrons. The van der Waals surface area contributed by atoms with Gasteiger partial charge in [0.15, 0.2) is 0 Å². The lowest BCUT2D eigenvalue weighted by molar-refractivity contribution is 0.992. The van der Waals surface area contributed by atoms with Gasteiger partial charge in [-0.25, -0.2) is 0 Å². The molecular weight excluding hydrogens is 150 g/mol. The summed E-state index contributed by atoms with van der Waals surface area (Å²) >= 11 is 0. The zero-order chi connectivity index (χ0) is 8.97. The summed E-state index contributed by atoms with van der Waals surface area (Å²) in [5.74, 6) is 0. The molecule has 0 aliphatic carbocycles. The van der Waals surface area contributed by atoms with Crippen molar-refractivity contribution in [3.8, 4) is 0 Å². The van der Waals surface area contributed by atoms with Gasteiger partial charge in [-0.2, -0.15) is 5.10 Å². The van der Waals surface area contributed by atoms with Crippen LogP contribution in [0.4, 0.5) is 5.69 Å². The monoisotopic (exact) mass is 163 g/mol. The van der Waals surface area contributed by atoms with Gasteiger partial charge in [0.05, 0.1) is 11.4 Å². The molecule has 1 aromatic heterocycles. The molecule has 0 saturated carbocycles. The van der Waals surface area contributed by atoms with Crippen LogP contribution in [0.3, 0.4) is 0 Å². The Morgan fingerprint density at radius 2 is 2.33 bits per heavy atom. The maximum atomic E-state index is 4.17. The van der Waals surface area contributed by atoms with Crippen molar-refractivity contribution in [2.24, 2.45) is 5.10 Å². The van der Waals surface area contributed by atoms with Crippen molar-refractivity contribution < 1.29 is 0 Å². The van der Waals surface area contributed by atoms with E-state index in [1.807, 2.05) is 38.0 Å². The number of hydrazone groups is 1. The van der Waals surface area contributed by atoms with E-state index in [-0.39, 0.29) is 0 Å². The van der Waals surface area contributed by atoms with Gasteiger partial charge in [-0.1, -0.05) is 0 Å². The highest BCUT2D eigenvalue weighted by molar-refractivity contribution is 5.58. The van der Waals surface area contributed by atoms with E-state index in [2.05, 4.69) is 10.1 Å². The van der Waals surface area contributed by atoms with Gasteiger partial charge in [0.25, 0.3) is 0 Å². The van der Waals surface area contributed by atoms with Gasteiger partial charge in [-0.05, 0) is 26.0 Å². The molecule has 0 atom stereocenters. The molecule has 1 heterocycles. The van der Waals surface area contributed by atoms with Gasteiger partial charge < -0.3 is 0 Å². The van der Waals surface area contributed by atoms with E-state index in [0.717, 1.165) is 11.4 Å². The summed E-state index contributed by atoms with van der Waals surface area (Å²) < 4.78 is 0. The topological polar surface area (TPSA) is 28.5 Å². The summed E-state index contributed by atoms with van der Waals surface area (Å²) in [6, 6.07) is 3.90. The quantitative estimate of drug-likeness (QED) is 0.491. The molecule has 1 aromatic rings. The van der Waals surface area contributed by atoms with E-state index in [1.165, 1.54) is 0 Å². The number of aromatic nitrogens is 1. The van der Waals surface area contributed by atoms with E-state index < -0.39 is 0 Å². The van der Waals surface area contributed by atoms with Crippen molar-refractivity contribution in [2.75, 3.05) is 12.1 Å². The third kappa shape index (κ3) is 1.81. The molecule has 0 aromatic carbocycles. The first-order chi connectivity index (χ1) is 5.75. The Morgan fingerprint density at radius 1 is 1.58 bits per heavy atom. The van der Waals surface area contributed by atoms with Gasteiger partial charge in [0.2, 0.25) is 0 Å². The molecular formula is C9H13N3. The normalized spacial score (nSPS) is 10.6. The lowest BCUT2D eigenvalue weighted by Crippen LogP contribution is -2.10. The highest BCUT2D eigenvalue weighted by atomic mass is 15.4. The fourth-order valence-electron chi connectivity index (χ4n) is 1.05. The Morgan fingerprint density at radius 3 is 2.92 bits per heavy atom. The van der Waals surface area contributed by atoms with Gasteiger partial charge in [0, 0.05) is 19.5 Å². The fourth-order valence-corrected chi connectivity index (χ4v) is 1.05. The summed E-state index contributed by atoms with van der Waals surface area (Å²) in [6.45, 7) is 3.86. The SMILES string of the molecule is C/C=N/N(C)c1cccnc1C. The first kappa shape index (κ1) is 8.71. The largest absolute Gasteiger partial charge is 0.267 e. The van der Waals surface area contributed by atoms with Crippen LogP contribution in [0.2, 0.25) is 0 Å². The van der Waals surface area contributed by atoms with E-state index in [0.29, 0.717) is 0 Å². The van der Waals surface area contributed by atoms with E-state index in [1.54, 1.807) is 12.4 Å². The van der Waals surface area contributed by atoms with Crippen LogP contribution < -0.4 is 5.01 Å². The van der Waals surface area contributed by atoms with Crippen LogP contribution in [0.25, 0.3) is 0 Å². The summed E-state index contributed by atoms with van der Waals surface area (Å²) in [5, 5.41) is 5.93. The molecule has 1 rings (SSSR count). The van der Waals surface area contributed by atoms with Crippen LogP contribution >= 0.6 is 0 Å². The Balaban J connectivity index is 2.94. The molecule has 0 fully saturated rings. The van der Waals surface area contributed by atoms with Crippen molar-refractivity contribution in [3.05, 3.63) is 24.0 Å². The van der Waals surface area contributed by atoms with E-state index in [9.17, 15) is 0 Å². The van der Waals surface area contributed by atoms with Crippen molar-refractivity contribution in [1.29, 1.82) is 0 Å². The number of hydrogen-bond acceptors (Lipinski definition) is 3. The van der Waals surface area contributed by atoms with Gasteiger partial charge >= 0.3 is 0 Å². The molecule has 3 heteroatoms. The fraction of sp³-hybridized carbons (Fsp3) is 0.333. The van der Waals surface area contributed by atoms with Crippen LogP contribution in [0, 0.1) is 6.92 Å². The predicted octanol–water partition coefficient (Wildman–Crippen LogP) is 1.83. The van der Waals surface area contributed by atoms with Crippen LogP contribution in [-0.4, -0.2) is 18.2 Å². The van der Waals surface area contributed by atoms with Crippen LogP contribution in [0.1, 0.15) is 12.6 Å². The summed E-state index contributed by atoms with van der Waals surface area (Å²) in [7, 11) is 1.91. The molecule has 3 nitrogen and oxygen atoms in total. The lowest BCUT2D eigenvalue weighted by Gasteiger charge is -2.13. The second-order valence-corrected chi connectivity index (χ2v) is 2.51. The third-order valence-electron chi connectivity index (χ3n) is 1.62. The van der Waals surface area contributed by atoms with Gasteiger partial charge in [-0.3, -0.25) is 9.99 Å². The second kappa shape index (κ2) is 3.85. The van der Waals surface area contributed by atoms with Crippen LogP contribution in [0.5, 0.6) is 0 Å². The number of aryl methyl sites for hydroxylation is 1. The molecule has 0 unspecified atom stereocenters. The van der Waals surface area contributed by atoms with Gasteiger partial charge in [-0.15, -0.1) is 0 Å². The van der Waals surface area contributed by atoms with Crippen molar-refractivity contribution >= 4 is 11.9 Å². The zero-order valence-electron chi connectivity index (χ0n) is 7.65. The van der Waals surface area contributed by atoms with E-state index in [4.69, 9.17) is 0 Å². The molecule has 0 N–H and O–H groups in total. The maximum Gasteiger partial charge on any atom is 0.0802 e. The Bertz CT molecular complexity index is 281. The zero-order valence-corrected chi connectivity index (χ0v) is 7.65. The van der Waals surface area contributed by atoms with Crippen molar-refractivity contribution in [2.45, 2.75) is 13.8 Å². The molecule has 0 saturated heterocycles. The molecule has 0 radical (unpaired) electrons. The Hall–Kier alpha value is -1.38. The summed E-state index contributed by atoms with van der Waals surface area (Å²) in [6.07, 6.45) is 3.54. The highest BCUT2D eigenvalue weighted by Crippen LogP contribution is 2.14. The van der Waals surface area contributed by atoms with Crippen molar-refractivity contribution in [1.82, 2.24) is 4.98 Å². The number of anilines is 1. The Labute approximate surface area is 72.7 Å². The number of nitrogens with zero attached hydrogens (tertiary/aromatic N) is 3. The van der Waals surface area contributed by atoms with Gasteiger partial charge in [0.1, 0.15) is 0 Å². The average Bonchev–Trinajstić information content (AvgIpc) is 2.05. The molecule has 0 amide bonds. The standard InChI is InChI=1S/C9H13N3/c1-4-11-12(3)9-6-5-7-10-8(9)2/h4-7H,1-3H3/b11-4+. The predicted molar refractivity (Wildman–Crippen MR) is 51.5 cm³/mol. The second-order valence-electron chi connectivity index (χ2n) is 2.51. The molecule has 0 bridgehead atoms. The number of pyridine rings is 1. The Kier molecular flexibility index (Phi) is 2.80. The molecule has 0 aliphatic rings. The molecule has 0 aliphatic heterocycles. The third-order valence-corrected chi connectivity index (χ3v) is 1.62. The van der Waals surface area contributed by atoms with Crippen LogP contribution in [0.15, 0.2) is 23.4 Å². The first-order valence-electron chi connectivity index (χ1n) is 3.89.